The van der Waals surface area contributed by atoms with E-state index in [0.29, 0.717) is 23.7 Å². The van der Waals surface area contributed by atoms with Gasteiger partial charge in [-0.05, 0) is 35.9 Å². The van der Waals surface area contributed by atoms with Crippen molar-refractivity contribution in [3.8, 4) is 11.5 Å². The van der Waals surface area contributed by atoms with Crippen LogP contribution in [0.25, 0.3) is 0 Å². The van der Waals surface area contributed by atoms with E-state index in [1.165, 1.54) is 13.2 Å². The average Bonchev–Trinajstić information content (AvgIpc) is 2.94. The molecule has 0 saturated carbocycles. The maximum absolute atomic E-state index is 12.5. The zero-order valence-electron chi connectivity index (χ0n) is 11.8. The lowest BCUT2D eigenvalue weighted by Gasteiger charge is -2.13. The van der Waals surface area contributed by atoms with E-state index in [2.05, 4.69) is 4.72 Å². The molecule has 3 rings (SSSR count). The van der Waals surface area contributed by atoms with E-state index in [0.717, 1.165) is 11.3 Å². The van der Waals surface area contributed by atoms with E-state index in [1.54, 1.807) is 30.3 Å². The number of anilines is 1. The topological polar surface area (TPSA) is 64.6 Å². The molecular formula is C15H14ClNO4S. The van der Waals surface area contributed by atoms with E-state index in [1.807, 2.05) is 0 Å². The Kier molecular flexibility index (Phi) is 3.88. The van der Waals surface area contributed by atoms with Gasteiger partial charge in [0.1, 0.15) is 5.75 Å². The lowest BCUT2D eigenvalue weighted by atomic mass is 10.2. The predicted octanol–water partition coefficient (Wildman–Crippen LogP) is 3.08. The number of rotatable bonds is 4. The number of nitrogens with one attached hydrogen (secondary N) is 1. The molecule has 1 aliphatic heterocycles. The van der Waals surface area contributed by atoms with Gasteiger partial charge in [0.2, 0.25) is 0 Å². The van der Waals surface area contributed by atoms with Gasteiger partial charge in [0.15, 0.2) is 5.75 Å². The number of hydrogen-bond donors (Lipinski definition) is 1. The van der Waals surface area contributed by atoms with Gasteiger partial charge in [-0.3, -0.25) is 4.72 Å². The van der Waals surface area contributed by atoms with Crippen LogP contribution in [0.5, 0.6) is 11.5 Å². The molecule has 0 amide bonds. The summed E-state index contributed by atoms with van der Waals surface area (Å²) in [6, 6.07) is 9.69. The highest BCUT2D eigenvalue weighted by Crippen LogP contribution is 2.34. The minimum atomic E-state index is -3.73. The monoisotopic (exact) mass is 339 g/mol. The van der Waals surface area contributed by atoms with Crippen molar-refractivity contribution in [2.75, 3.05) is 18.4 Å². The van der Waals surface area contributed by atoms with Crippen molar-refractivity contribution in [3.63, 3.8) is 0 Å². The second-order valence-corrected chi connectivity index (χ2v) is 6.88. The van der Waals surface area contributed by atoms with Gasteiger partial charge >= 0.3 is 0 Å². The Hall–Kier alpha value is -1.92. The zero-order chi connectivity index (χ0) is 15.7. The van der Waals surface area contributed by atoms with Gasteiger partial charge in [-0.2, -0.15) is 0 Å². The molecule has 7 heteroatoms. The quantitative estimate of drug-likeness (QED) is 0.929. The van der Waals surface area contributed by atoms with E-state index in [-0.39, 0.29) is 10.6 Å². The summed E-state index contributed by atoms with van der Waals surface area (Å²) in [4.78, 5) is 0.179. The van der Waals surface area contributed by atoms with Gasteiger partial charge in [0.05, 0.1) is 29.3 Å². The molecule has 1 aliphatic rings. The summed E-state index contributed by atoms with van der Waals surface area (Å²) in [6.45, 7) is 0.578. The summed E-state index contributed by atoms with van der Waals surface area (Å²) < 4.78 is 38.1. The highest BCUT2D eigenvalue weighted by molar-refractivity contribution is 7.92. The first-order valence-corrected chi connectivity index (χ1v) is 8.48. The van der Waals surface area contributed by atoms with E-state index in [4.69, 9.17) is 21.1 Å². The minimum absolute atomic E-state index is 0.179. The van der Waals surface area contributed by atoms with E-state index < -0.39 is 10.0 Å². The normalized spacial score (nSPS) is 13.4. The van der Waals surface area contributed by atoms with Gasteiger partial charge in [-0.15, -0.1) is 0 Å². The Labute approximate surface area is 133 Å². The molecule has 0 radical (unpaired) electrons. The molecule has 2 aromatic rings. The van der Waals surface area contributed by atoms with Crippen LogP contribution >= 0.6 is 11.6 Å². The van der Waals surface area contributed by atoms with Crippen LogP contribution in [0.3, 0.4) is 0 Å². The summed E-state index contributed by atoms with van der Waals surface area (Å²) >= 11 is 6.00. The lowest BCUT2D eigenvalue weighted by molar-refractivity contribution is 0.356. The molecule has 0 fully saturated rings. The smallest absolute Gasteiger partial charge is 0.262 e. The molecular weight excluding hydrogens is 326 g/mol. The first-order valence-electron chi connectivity index (χ1n) is 6.62. The molecule has 0 saturated heterocycles. The van der Waals surface area contributed by atoms with Crippen LogP contribution < -0.4 is 14.2 Å². The Balaban J connectivity index is 1.96. The van der Waals surface area contributed by atoms with Crippen LogP contribution in [0, 0.1) is 0 Å². The first-order chi connectivity index (χ1) is 10.5. The van der Waals surface area contributed by atoms with Crippen molar-refractivity contribution >= 4 is 27.3 Å². The van der Waals surface area contributed by atoms with Gasteiger partial charge in [0.25, 0.3) is 10.0 Å². The number of hydrogen-bond acceptors (Lipinski definition) is 4. The van der Waals surface area contributed by atoms with Crippen molar-refractivity contribution < 1.29 is 17.9 Å². The molecule has 1 heterocycles. The van der Waals surface area contributed by atoms with Crippen LogP contribution in [-0.4, -0.2) is 22.1 Å². The third-order valence-electron chi connectivity index (χ3n) is 3.39. The van der Waals surface area contributed by atoms with E-state index >= 15 is 0 Å². The van der Waals surface area contributed by atoms with Crippen molar-refractivity contribution in [2.45, 2.75) is 11.3 Å². The molecule has 0 unspecified atom stereocenters. The van der Waals surface area contributed by atoms with Crippen LogP contribution in [0.15, 0.2) is 41.3 Å². The maximum Gasteiger partial charge on any atom is 0.262 e. The highest BCUT2D eigenvalue weighted by atomic mass is 35.5. The molecule has 0 aliphatic carbocycles. The molecule has 0 spiro atoms. The Morgan fingerprint density at radius 1 is 1.27 bits per heavy atom. The van der Waals surface area contributed by atoms with Gasteiger partial charge in [0, 0.05) is 6.42 Å². The molecule has 1 N–H and O–H groups in total. The largest absolute Gasteiger partial charge is 0.493 e. The fraction of sp³-hybridized carbons (Fsp3) is 0.200. The van der Waals surface area contributed by atoms with Crippen LogP contribution in [-0.2, 0) is 16.4 Å². The summed E-state index contributed by atoms with van der Waals surface area (Å²) in [5.41, 5.74) is 1.19. The molecule has 0 atom stereocenters. The standard InChI is InChI=1S/C15H14ClNO4S/c1-20-15-12(16)3-2-4-13(15)17-22(18,19)11-5-6-14-10(9-11)7-8-21-14/h2-6,9,17H,7-8H2,1H3. The second kappa shape index (κ2) is 5.70. The number of para-hydroxylation sites is 1. The number of halogens is 1. The van der Waals surface area contributed by atoms with Crippen molar-refractivity contribution in [1.82, 2.24) is 0 Å². The predicted molar refractivity (Wildman–Crippen MR) is 84.5 cm³/mol. The molecule has 116 valence electrons. The molecule has 0 bridgehead atoms. The highest BCUT2D eigenvalue weighted by Gasteiger charge is 2.21. The molecule has 0 aromatic heterocycles. The number of ether oxygens (including phenoxy) is 2. The van der Waals surface area contributed by atoms with Crippen LogP contribution in [0.2, 0.25) is 5.02 Å². The second-order valence-electron chi connectivity index (χ2n) is 4.79. The Bertz CT molecular complexity index is 820. The van der Waals surface area contributed by atoms with Crippen molar-refractivity contribution in [2.24, 2.45) is 0 Å². The van der Waals surface area contributed by atoms with Crippen molar-refractivity contribution in [3.05, 3.63) is 47.0 Å². The summed E-state index contributed by atoms with van der Waals surface area (Å²) in [5, 5.41) is 0.338. The van der Waals surface area contributed by atoms with Crippen LogP contribution in [0.4, 0.5) is 5.69 Å². The third-order valence-corrected chi connectivity index (χ3v) is 5.05. The fourth-order valence-electron chi connectivity index (χ4n) is 2.33. The summed E-state index contributed by atoms with van der Waals surface area (Å²) in [7, 11) is -2.29. The molecule has 2 aromatic carbocycles. The number of fused-ring (bicyclic) bond motifs is 1. The number of methoxy groups -OCH3 is 1. The number of benzene rings is 2. The molecule has 22 heavy (non-hydrogen) atoms. The minimum Gasteiger partial charge on any atom is -0.493 e. The number of sulfonamides is 1. The van der Waals surface area contributed by atoms with Gasteiger partial charge < -0.3 is 9.47 Å². The lowest BCUT2D eigenvalue weighted by Crippen LogP contribution is -2.14. The first kappa shape index (κ1) is 15.0. The SMILES string of the molecule is COc1c(Cl)cccc1NS(=O)(=O)c1ccc2c(c1)CCO2. The third kappa shape index (κ3) is 2.71. The van der Waals surface area contributed by atoms with Gasteiger partial charge in [-0.25, -0.2) is 8.42 Å². The Morgan fingerprint density at radius 3 is 2.86 bits per heavy atom. The maximum atomic E-state index is 12.5. The molecule has 5 nitrogen and oxygen atoms in total. The fourth-order valence-corrected chi connectivity index (χ4v) is 3.69. The van der Waals surface area contributed by atoms with Gasteiger partial charge in [-0.1, -0.05) is 17.7 Å². The zero-order valence-corrected chi connectivity index (χ0v) is 13.4. The summed E-state index contributed by atoms with van der Waals surface area (Å²) in [5.74, 6) is 1.02. The van der Waals surface area contributed by atoms with Crippen molar-refractivity contribution in [1.29, 1.82) is 0 Å². The average molecular weight is 340 g/mol. The summed E-state index contributed by atoms with van der Waals surface area (Å²) in [6.07, 6.45) is 0.708. The Morgan fingerprint density at radius 2 is 2.09 bits per heavy atom. The van der Waals surface area contributed by atoms with Crippen LogP contribution in [0.1, 0.15) is 5.56 Å². The van der Waals surface area contributed by atoms with E-state index in [9.17, 15) is 8.42 Å².